The molecule has 0 aliphatic rings. The molecule has 0 saturated carbocycles. The molecule has 0 aliphatic carbocycles. The normalized spacial score (nSPS) is 12.4. The van der Waals surface area contributed by atoms with Gasteiger partial charge in [-0.1, -0.05) is 62.2 Å². The highest BCUT2D eigenvalue weighted by Crippen LogP contribution is 2.33. The molecular weight excluding hydrogens is 380 g/mol. The van der Waals surface area contributed by atoms with Gasteiger partial charge in [0, 0.05) is 11.6 Å². The second-order valence-electron chi connectivity index (χ2n) is 4.91. The molecule has 2 rings (SSSR count). The Bertz CT molecular complexity index is 543. The van der Waals surface area contributed by atoms with Crippen LogP contribution in [0.25, 0.3) is 0 Å². The van der Waals surface area contributed by atoms with Gasteiger partial charge in [-0.25, -0.2) is 0 Å². The Morgan fingerprint density at radius 1 is 1.05 bits per heavy atom. The standard InChI is InChI=1S/C17H18Br2O/c1-12-9-15(11-16(18)10-12)17(19)14-5-3-13(4-6-14)7-8-20-2/h3-6,9-11,17H,7-8H2,1-2H3. The monoisotopic (exact) mass is 396 g/mol. The van der Waals surface area contributed by atoms with E-state index in [2.05, 4.69) is 81.2 Å². The zero-order valence-corrected chi connectivity index (χ0v) is 14.9. The maximum absolute atomic E-state index is 5.10. The molecule has 0 N–H and O–H groups in total. The topological polar surface area (TPSA) is 9.23 Å². The first-order valence-corrected chi connectivity index (χ1v) is 8.30. The summed E-state index contributed by atoms with van der Waals surface area (Å²) < 4.78 is 6.22. The highest BCUT2D eigenvalue weighted by Gasteiger charge is 2.11. The van der Waals surface area contributed by atoms with Crippen molar-refractivity contribution in [1.29, 1.82) is 0 Å². The predicted octanol–water partition coefficient (Wildman–Crippen LogP) is 5.43. The van der Waals surface area contributed by atoms with Gasteiger partial charge < -0.3 is 4.74 Å². The third-order valence-electron chi connectivity index (χ3n) is 3.22. The van der Waals surface area contributed by atoms with Gasteiger partial charge in [0.1, 0.15) is 0 Å². The Balaban J connectivity index is 2.17. The van der Waals surface area contributed by atoms with E-state index in [9.17, 15) is 0 Å². The number of hydrogen-bond donors (Lipinski definition) is 0. The van der Waals surface area contributed by atoms with Crippen molar-refractivity contribution in [1.82, 2.24) is 0 Å². The molecule has 1 atom stereocenters. The zero-order valence-electron chi connectivity index (χ0n) is 11.7. The Kier molecular flexibility index (Phi) is 5.82. The number of alkyl halides is 1. The quantitative estimate of drug-likeness (QED) is 0.611. The Hall–Kier alpha value is -0.640. The van der Waals surface area contributed by atoms with Crippen molar-refractivity contribution < 1.29 is 4.74 Å². The summed E-state index contributed by atoms with van der Waals surface area (Å²) in [6.07, 6.45) is 0.958. The van der Waals surface area contributed by atoms with Crippen molar-refractivity contribution in [2.45, 2.75) is 18.2 Å². The fourth-order valence-electron chi connectivity index (χ4n) is 2.18. The number of halogens is 2. The molecule has 2 aromatic rings. The van der Waals surface area contributed by atoms with E-state index in [0.717, 1.165) is 17.5 Å². The highest BCUT2D eigenvalue weighted by atomic mass is 79.9. The van der Waals surface area contributed by atoms with Gasteiger partial charge in [-0.3, -0.25) is 0 Å². The summed E-state index contributed by atoms with van der Waals surface area (Å²) in [4.78, 5) is 0.218. The summed E-state index contributed by atoms with van der Waals surface area (Å²) in [7, 11) is 1.73. The van der Waals surface area contributed by atoms with Crippen LogP contribution in [-0.4, -0.2) is 13.7 Å². The minimum Gasteiger partial charge on any atom is -0.384 e. The lowest BCUT2D eigenvalue weighted by Crippen LogP contribution is -1.97. The van der Waals surface area contributed by atoms with Crippen LogP contribution in [0.3, 0.4) is 0 Å². The first kappa shape index (κ1) is 15.7. The summed E-state index contributed by atoms with van der Waals surface area (Å²) in [5, 5.41) is 0. The van der Waals surface area contributed by atoms with Crippen molar-refractivity contribution in [3.8, 4) is 0 Å². The summed E-state index contributed by atoms with van der Waals surface area (Å²) >= 11 is 7.35. The van der Waals surface area contributed by atoms with Crippen LogP contribution in [0.1, 0.15) is 27.1 Å². The lowest BCUT2D eigenvalue weighted by atomic mass is 10.0. The van der Waals surface area contributed by atoms with Crippen LogP contribution in [0.15, 0.2) is 46.9 Å². The number of methoxy groups -OCH3 is 1. The smallest absolute Gasteiger partial charge is 0.0645 e. The van der Waals surface area contributed by atoms with Crippen LogP contribution < -0.4 is 0 Å². The minimum absolute atomic E-state index is 0.218. The number of aryl methyl sites for hydroxylation is 1. The van der Waals surface area contributed by atoms with Crippen molar-refractivity contribution in [3.63, 3.8) is 0 Å². The lowest BCUT2D eigenvalue weighted by molar-refractivity contribution is 0.202. The van der Waals surface area contributed by atoms with Gasteiger partial charge in [-0.15, -0.1) is 0 Å². The number of ether oxygens (including phenoxy) is 1. The molecule has 0 amide bonds. The van der Waals surface area contributed by atoms with E-state index in [-0.39, 0.29) is 4.83 Å². The molecule has 0 aromatic heterocycles. The third kappa shape index (κ3) is 4.18. The highest BCUT2D eigenvalue weighted by molar-refractivity contribution is 9.10. The minimum atomic E-state index is 0.218. The maximum Gasteiger partial charge on any atom is 0.0645 e. The first-order chi connectivity index (χ1) is 9.60. The van der Waals surface area contributed by atoms with Gasteiger partial charge in [-0.2, -0.15) is 0 Å². The average molecular weight is 398 g/mol. The fraction of sp³-hybridized carbons (Fsp3) is 0.294. The van der Waals surface area contributed by atoms with E-state index in [1.54, 1.807) is 7.11 Å². The second kappa shape index (κ2) is 7.39. The number of hydrogen-bond acceptors (Lipinski definition) is 1. The Morgan fingerprint density at radius 2 is 1.75 bits per heavy atom. The fourth-order valence-corrected chi connectivity index (χ4v) is 3.37. The summed E-state index contributed by atoms with van der Waals surface area (Å²) in [6, 6.07) is 15.2. The van der Waals surface area contributed by atoms with E-state index in [0.29, 0.717) is 0 Å². The molecule has 0 aliphatic heterocycles. The van der Waals surface area contributed by atoms with Crippen LogP contribution in [0, 0.1) is 6.92 Å². The molecule has 20 heavy (non-hydrogen) atoms. The molecule has 0 spiro atoms. The molecule has 1 nitrogen and oxygen atoms in total. The molecule has 2 aromatic carbocycles. The van der Waals surface area contributed by atoms with Crippen LogP contribution in [0.2, 0.25) is 0 Å². The largest absolute Gasteiger partial charge is 0.384 e. The second-order valence-corrected chi connectivity index (χ2v) is 6.74. The molecule has 0 bridgehead atoms. The Morgan fingerprint density at radius 3 is 2.35 bits per heavy atom. The molecule has 3 heteroatoms. The summed E-state index contributed by atoms with van der Waals surface area (Å²) in [6.45, 7) is 2.88. The zero-order chi connectivity index (χ0) is 14.5. The van der Waals surface area contributed by atoms with Crippen molar-refractivity contribution in [2.24, 2.45) is 0 Å². The molecule has 0 heterocycles. The van der Waals surface area contributed by atoms with Crippen LogP contribution in [-0.2, 0) is 11.2 Å². The number of benzene rings is 2. The van der Waals surface area contributed by atoms with E-state index in [4.69, 9.17) is 4.74 Å². The van der Waals surface area contributed by atoms with Crippen LogP contribution in [0.4, 0.5) is 0 Å². The summed E-state index contributed by atoms with van der Waals surface area (Å²) in [5.41, 5.74) is 5.10. The molecule has 106 valence electrons. The van der Waals surface area contributed by atoms with Crippen molar-refractivity contribution >= 4 is 31.9 Å². The van der Waals surface area contributed by atoms with Crippen LogP contribution in [0.5, 0.6) is 0 Å². The third-order valence-corrected chi connectivity index (χ3v) is 4.74. The van der Waals surface area contributed by atoms with Gasteiger partial charge in [-0.05, 0) is 47.7 Å². The Labute approximate surface area is 137 Å². The van der Waals surface area contributed by atoms with Gasteiger partial charge in [0.15, 0.2) is 0 Å². The van der Waals surface area contributed by atoms with Gasteiger partial charge in [0.05, 0.1) is 11.4 Å². The molecular formula is C17H18Br2O. The lowest BCUT2D eigenvalue weighted by Gasteiger charge is -2.13. The molecule has 0 saturated heterocycles. The predicted molar refractivity (Wildman–Crippen MR) is 91.7 cm³/mol. The molecule has 0 radical (unpaired) electrons. The SMILES string of the molecule is COCCc1ccc(C(Br)c2cc(C)cc(Br)c2)cc1. The average Bonchev–Trinajstić information content (AvgIpc) is 2.44. The van der Waals surface area contributed by atoms with Gasteiger partial charge >= 0.3 is 0 Å². The van der Waals surface area contributed by atoms with Gasteiger partial charge in [0.2, 0.25) is 0 Å². The van der Waals surface area contributed by atoms with E-state index in [1.165, 1.54) is 22.3 Å². The number of rotatable bonds is 5. The van der Waals surface area contributed by atoms with E-state index < -0.39 is 0 Å². The van der Waals surface area contributed by atoms with E-state index >= 15 is 0 Å². The van der Waals surface area contributed by atoms with Crippen molar-refractivity contribution in [2.75, 3.05) is 13.7 Å². The van der Waals surface area contributed by atoms with Crippen LogP contribution >= 0.6 is 31.9 Å². The molecule has 0 fully saturated rings. The molecule has 1 unspecified atom stereocenters. The van der Waals surface area contributed by atoms with Crippen molar-refractivity contribution in [3.05, 3.63) is 69.2 Å². The van der Waals surface area contributed by atoms with E-state index in [1.807, 2.05) is 0 Å². The first-order valence-electron chi connectivity index (χ1n) is 6.59. The van der Waals surface area contributed by atoms with Gasteiger partial charge in [0.25, 0.3) is 0 Å². The summed E-state index contributed by atoms with van der Waals surface area (Å²) in [5.74, 6) is 0. The maximum atomic E-state index is 5.10.